The Morgan fingerprint density at radius 2 is 1.58 bits per heavy atom. The second kappa shape index (κ2) is 10.9. The highest BCUT2D eigenvalue weighted by molar-refractivity contribution is 7.47. The molecular weight excluding hydrogens is 646 g/mol. The number of H-pyrrole nitrogens is 1. The van der Waals surface area contributed by atoms with Crippen LogP contribution in [0.15, 0.2) is 23.8 Å². The van der Waals surface area contributed by atoms with Gasteiger partial charge in [0, 0.05) is 5.92 Å². The number of anilines is 2. The average Bonchev–Trinajstić information content (AvgIpc) is 3.72. The van der Waals surface area contributed by atoms with Gasteiger partial charge >= 0.3 is 15.6 Å². The van der Waals surface area contributed by atoms with Gasteiger partial charge in [-0.2, -0.15) is 4.98 Å². The standard InChI is InChI=1S/C21H26N10O12P2/c22-16-10-17(25-4-24-16)31(6-26-10)20-13(33)15-9(41-20)3-40-45(37,38)42-14-7(2-39-44(35,36)43-15)1-8(12(14)32)30-5-27-11-18(30)28-21(23)29-19(11)34/h4-9,12-15,20,32-33H,1-3H2,(H,35,36)(H,37,38)(H2,22,24,25)(H3,23,28,29,34)/t7-,8-,9-,12-,13+,14?,15+,20-/m1/s1. The number of nitrogens with zero attached hydrogens (tertiary/aromatic N) is 7. The molecule has 45 heavy (non-hydrogen) atoms. The normalized spacial score (nSPS) is 37.7. The molecule has 24 heteroatoms. The lowest BCUT2D eigenvalue weighted by Crippen LogP contribution is -2.37. The molecule has 7 rings (SSSR count). The summed E-state index contributed by atoms with van der Waals surface area (Å²) < 4.78 is 55.8. The maximum Gasteiger partial charge on any atom is 0.472 e. The first kappa shape index (κ1) is 30.3. The molecule has 9 N–H and O–H groups in total. The van der Waals surface area contributed by atoms with Gasteiger partial charge in [-0.1, -0.05) is 0 Å². The fourth-order valence-electron chi connectivity index (χ4n) is 5.85. The predicted octanol–water partition coefficient (Wildman–Crippen LogP) is -1.68. The SMILES string of the molecule is Nc1nc2c(ncn2[C@@H]2C[C@@H]3COP(=O)(O)O[C@@H]4[C@H](O)[C@H](n5cnc6c(N)ncnc65)O[C@@H]4COP(=O)(O)OC3[C@@H]2O)c(=O)[nH]1. The van der Waals surface area contributed by atoms with E-state index < -0.39 is 83.1 Å². The van der Waals surface area contributed by atoms with Crippen LogP contribution in [0.5, 0.6) is 0 Å². The lowest BCUT2D eigenvalue weighted by Gasteiger charge is -2.28. The van der Waals surface area contributed by atoms with Crippen LogP contribution in [-0.4, -0.2) is 103 Å². The van der Waals surface area contributed by atoms with E-state index in [1.807, 2.05) is 0 Å². The summed E-state index contributed by atoms with van der Waals surface area (Å²) in [7, 11) is -9.94. The summed E-state index contributed by atoms with van der Waals surface area (Å²) in [5.74, 6) is -1.16. The molecule has 0 aromatic carbocycles. The lowest BCUT2D eigenvalue weighted by atomic mass is 10.1. The van der Waals surface area contributed by atoms with Crippen LogP contribution in [0.2, 0.25) is 0 Å². The number of aliphatic hydroxyl groups excluding tert-OH is 2. The van der Waals surface area contributed by atoms with Gasteiger partial charge in [-0.3, -0.25) is 32.4 Å². The van der Waals surface area contributed by atoms with Crippen molar-refractivity contribution in [1.29, 1.82) is 0 Å². The van der Waals surface area contributed by atoms with Crippen LogP contribution in [0, 0.1) is 5.92 Å². The molecule has 1 aliphatic carbocycles. The third kappa shape index (κ3) is 5.32. The molecular formula is C21H26N10O12P2. The number of phosphoric ester groups is 2. The minimum atomic E-state index is -4.98. The third-order valence-corrected chi connectivity index (χ3v) is 9.85. The number of hydrogen-bond acceptors (Lipinski definition) is 17. The average molecular weight is 672 g/mol. The lowest BCUT2D eigenvalue weighted by molar-refractivity contribution is -0.0606. The Labute approximate surface area is 250 Å². The predicted molar refractivity (Wildman–Crippen MR) is 147 cm³/mol. The van der Waals surface area contributed by atoms with Gasteiger partial charge in [-0.25, -0.2) is 29.1 Å². The zero-order chi connectivity index (χ0) is 31.8. The summed E-state index contributed by atoms with van der Waals surface area (Å²) in [5, 5.41) is 22.4. The fraction of sp³-hybridized carbons (Fsp3) is 0.524. The Bertz CT molecular complexity index is 1940. The van der Waals surface area contributed by atoms with E-state index in [-0.39, 0.29) is 40.5 Å². The molecule has 242 valence electrons. The Kier molecular flexibility index (Phi) is 7.30. The molecule has 4 aromatic rings. The molecule has 0 amide bonds. The molecule has 0 radical (unpaired) electrons. The molecule has 0 spiro atoms. The molecule has 6 heterocycles. The first-order valence-electron chi connectivity index (χ1n) is 13.3. The van der Waals surface area contributed by atoms with Gasteiger partial charge in [-0.05, 0) is 6.42 Å². The van der Waals surface area contributed by atoms with Gasteiger partial charge < -0.3 is 40.8 Å². The van der Waals surface area contributed by atoms with Crippen LogP contribution in [0.3, 0.4) is 0 Å². The van der Waals surface area contributed by atoms with Crippen molar-refractivity contribution in [2.75, 3.05) is 24.7 Å². The summed E-state index contributed by atoms with van der Waals surface area (Å²) >= 11 is 0. The van der Waals surface area contributed by atoms with Crippen LogP contribution < -0.4 is 17.0 Å². The number of phosphoric acid groups is 2. The molecule has 3 aliphatic rings. The quantitative estimate of drug-likeness (QED) is 0.117. The summed E-state index contributed by atoms with van der Waals surface area (Å²) in [6, 6.07) is -0.959. The van der Waals surface area contributed by atoms with E-state index in [0.717, 1.165) is 6.33 Å². The van der Waals surface area contributed by atoms with Crippen molar-refractivity contribution in [2.45, 2.75) is 49.2 Å². The highest BCUT2D eigenvalue weighted by atomic mass is 31.2. The number of ether oxygens (including phenoxy) is 1. The number of nitrogens with one attached hydrogen (secondary N) is 1. The Morgan fingerprint density at radius 3 is 2.36 bits per heavy atom. The van der Waals surface area contributed by atoms with Crippen molar-refractivity contribution < 1.29 is 52.0 Å². The maximum absolute atomic E-state index is 13.1. The number of imidazole rings is 2. The van der Waals surface area contributed by atoms with Gasteiger partial charge in [0.15, 0.2) is 28.9 Å². The number of rotatable bonds is 2. The van der Waals surface area contributed by atoms with Gasteiger partial charge in [-0.15, -0.1) is 0 Å². The number of aliphatic hydroxyl groups is 2. The van der Waals surface area contributed by atoms with Crippen molar-refractivity contribution >= 4 is 49.7 Å². The van der Waals surface area contributed by atoms with E-state index in [2.05, 4.69) is 29.9 Å². The number of hydrogen-bond donors (Lipinski definition) is 7. The van der Waals surface area contributed by atoms with E-state index in [9.17, 15) is 33.9 Å². The number of nitrogen functional groups attached to an aromatic ring is 2. The topological polar surface area (TPSA) is 320 Å². The van der Waals surface area contributed by atoms with Crippen molar-refractivity contribution in [3.63, 3.8) is 0 Å². The zero-order valence-corrected chi connectivity index (χ0v) is 24.5. The second-order valence-corrected chi connectivity index (χ2v) is 13.4. The van der Waals surface area contributed by atoms with Crippen LogP contribution in [0.25, 0.3) is 22.3 Å². The second-order valence-electron chi connectivity index (χ2n) is 10.6. The molecule has 22 nitrogen and oxygen atoms in total. The zero-order valence-electron chi connectivity index (χ0n) is 22.7. The first-order chi connectivity index (χ1) is 21.3. The number of fused-ring (bicyclic) bond motifs is 4. The Morgan fingerprint density at radius 1 is 0.889 bits per heavy atom. The molecule has 2 aliphatic heterocycles. The molecule has 0 bridgehead atoms. The third-order valence-electron chi connectivity index (χ3n) is 7.88. The highest BCUT2D eigenvalue weighted by Gasteiger charge is 2.53. The van der Waals surface area contributed by atoms with Crippen molar-refractivity contribution in [2.24, 2.45) is 5.92 Å². The van der Waals surface area contributed by atoms with Crippen molar-refractivity contribution in [1.82, 2.24) is 39.0 Å². The first-order valence-corrected chi connectivity index (χ1v) is 16.3. The van der Waals surface area contributed by atoms with E-state index in [0.29, 0.717) is 0 Å². The van der Waals surface area contributed by atoms with Crippen LogP contribution in [-0.2, 0) is 32.0 Å². The molecule has 2 saturated heterocycles. The monoisotopic (exact) mass is 672 g/mol. The summed E-state index contributed by atoms with van der Waals surface area (Å²) in [5.41, 5.74) is 11.2. The van der Waals surface area contributed by atoms with Crippen LogP contribution in [0.1, 0.15) is 18.7 Å². The Hall–Kier alpha value is -3.40. The van der Waals surface area contributed by atoms with E-state index in [4.69, 9.17) is 34.3 Å². The van der Waals surface area contributed by atoms with E-state index >= 15 is 0 Å². The summed E-state index contributed by atoms with van der Waals surface area (Å²) in [4.78, 5) is 56.0. The number of aromatic nitrogens is 8. The van der Waals surface area contributed by atoms with E-state index in [1.165, 1.54) is 21.8 Å². The summed E-state index contributed by atoms with van der Waals surface area (Å²) in [6.45, 7) is -1.39. The van der Waals surface area contributed by atoms with Gasteiger partial charge in [0.1, 0.15) is 42.4 Å². The van der Waals surface area contributed by atoms with Gasteiger partial charge in [0.25, 0.3) is 5.56 Å². The van der Waals surface area contributed by atoms with E-state index in [1.54, 1.807) is 0 Å². The van der Waals surface area contributed by atoms with Crippen molar-refractivity contribution in [3.8, 4) is 0 Å². The van der Waals surface area contributed by atoms with Crippen LogP contribution in [0.4, 0.5) is 11.8 Å². The maximum atomic E-state index is 13.1. The Balaban J connectivity index is 1.17. The number of nitrogens with two attached hydrogens (primary N) is 2. The van der Waals surface area contributed by atoms with Crippen molar-refractivity contribution in [3.05, 3.63) is 29.3 Å². The fourth-order valence-corrected chi connectivity index (χ4v) is 7.86. The molecule has 3 unspecified atom stereocenters. The highest BCUT2D eigenvalue weighted by Crippen LogP contribution is 2.55. The molecule has 4 aromatic heterocycles. The largest absolute Gasteiger partial charge is 0.472 e. The minimum absolute atomic E-state index is 0.0199. The minimum Gasteiger partial charge on any atom is -0.388 e. The summed E-state index contributed by atoms with van der Waals surface area (Å²) in [6.07, 6.45) is -5.49. The smallest absolute Gasteiger partial charge is 0.388 e. The van der Waals surface area contributed by atoms with Gasteiger partial charge in [0.2, 0.25) is 5.95 Å². The molecule has 1 saturated carbocycles. The number of aromatic amines is 1. The van der Waals surface area contributed by atoms with Gasteiger partial charge in [0.05, 0.1) is 31.9 Å². The molecule has 10 atom stereocenters. The molecule has 3 fully saturated rings. The van der Waals surface area contributed by atoms with Crippen LogP contribution >= 0.6 is 15.6 Å².